The summed E-state index contributed by atoms with van der Waals surface area (Å²) < 4.78 is 5.63. The minimum absolute atomic E-state index is 0.743. The summed E-state index contributed by atoms with van der Waals surface area (Å²) in [6, 6.07) is 7.57. The van der Waals surface area contributed by atoms with Crippen LogP contribution in [0.15, 0.2) is 24.3 Å². The first-order valence-electron chi connectivity index (χ1n) is 5.88. The van der Waals surface area contributed by atoms with Crippen molar-refractivity contribution in [3.8, 4) is 5.75 Å². The predicted octanol–water partition coefficient (Wildman–Crippen LogP) is 2.33. The molecule has 1 aromatic carbocycles. The molecule has 0 fully saturated rings. The molecule has 0 aliphatic heterocycles. The first kappa shape index (κ1) is 14.2. The van der Waals surface area contributed by atoms with E-state index in [1.807, 2.05) is 36.0 Å². The van der Waals surface area contributed by atoms with E-state index in [2.05, 4.69) is 18.2 Å². The predicted molar refractivity (Wildman–Crippen MR) is 76.8 cm³/mol. The lowest BCUT2D eigenvalue weighted by Gasteiger charge is -2.15. The second kappa shape index (κ2) is 8.25. The number of hydrogen-bond donors (Lipinski definition) is 1. The highest BCUT2D eigenvalue weighted by Gasteiger charge is 1.98. The average molecular weight is 254 g/mol. The quantitative estimate of drug-likeness (QED) is 0.571. The van der Waals surface area contributed by atoms with Crippen LogP contribution >= 0.6 is 11.8 Å². The minimum Gasteiger partial charge on any atom is -0.493 e. The lowest BCUT2D eigenvalue weighted by molar-refractivity contribution is 0.269. The molecule has 0 unspecified atom stereocenters. The lowest BCUT2D eigenvalue weighted by atomic mass is 10.3. The van der Waals surface area contributed by atoms with Crippen molar-refractivity contribution in [1.29, 1.82) is 0 Å². The summed E-state index contributed by atoms with van der Waals surface area (Å²) in [6.45, 7) is 2.95. The summed E-state index contributed by atoms with van der Waals surface area (Å²) in [4.78, 5) is 2.33. The smallest absolute Gasteiger partial charge is 0.121 e. The molecule has 4 heteroatoms. The van der Waals surface area contributed by atoms with E-state index in [9.17, 15) is 0 Å². The standard InChI is InChI=1S/C13H22N2OS/c1-15(8-10-17-2)7-4-9-16-13-6-3-5-12(14)11-13/h3,5-6,11H,4,7-10,14H2,1-2H3. The highest BCUT2D eigenvalue weighted by Crippen LogP contribution is 2.14. The Morgan fingerprint density at radius 3 is 2.88 bits per heavy atom. The zero-order chi connectivity index (χ0) is 12.5. The van der Waals surface area contributed by atoms with Gasteiger partial charge in [-0.3, -0.25) is 0 Å². The van der Waals surface area contributed by atoms with Crippen molar-refractivity contribution in [2.75, 3.05) is 44.5 Å². The Hall–Kier alpha value is -0.870. The molecule has 0 bridgehead atoms. The molecule has 96 valence electrons. The van der Waals surface area contributed by atoms with Gasteiger partial charge in [-0.05, 0) is 31.9 Å². The molecule has 0 heterocycles. The molecule has 17 heavy (non-hydrogen) atoms. The molecule has 1 rings (SSSR count). The molecule has 0 saturated carbocycles. The molecular formula is C13H22N2OS. The van der Waals surface area contributed by atoms with Crippen molar-refractivity contribution in [3.63, 3.8) is 0 Å². The van der Waals surface area contributed by atoms with Gasteiger partial charge in [-0.1, -0.05) is 6.07 Å². The Balaban J connectivity index is 2.11. The lowest BCUT2D eigenvalue weighted by Crippen LogP contribution is -2.23. The fraction of sp³-hybridized carbons (Fsp3) is 0.538. The fourth-order valence-electron chi connectivity index (χ4n) is 1.49. The zero-order valence-corrected chi connectivity index (χ0v) is 11.5. The third-order valence-electron chi connectivity index (χ3n) is 2.49. The van der Waals surface area contributed by atoms with Crippen LogP contribution in [0.25, 0.3) is 0 Å². The molecule has 0 saturated heterocycles. The number of nitrogens with zero attached hydrogens (tertiary/aromatic N) is 1. The van der Waals surface area contributed by atoms with Crippen LogP contribution in [0.2, 0.25) is 0 Å². The van der Waals surface area contributed by atoms with Crippen LogP contribution in [0.4, 0.5) is 5.69 Å². The third kappa shape index (κ3) is 6.44. The topological polar surface area (TPSA) is 38.5 Å². The van der Waals surface area contributed by atoms with E-state index >= 15 is 0 Å². The van der Waals surface area contributed by atoms with E-state index in [0.717, 1.165) is 37.6 Å². The van der Waals surface area contributed by atoms with Gasteiger partial charge in [0.25, 0.3) is 0 Å². The van der Waals surface area contributed by atoms with Gasteiger partial charge in [0.2, 0.25) is 0 Å². The number of nitrogen functional groups attached to an aromatic ring is 1. The fourth-order valence-corrected chi connectivity index (χ4v) is 1.98. The van der Waals surface area contributed by atoms with Gasteiger partial charge in [0, 0.05) is 30.6 Å². The van der Waals surface area contributed by atoms with E-state index in [4.69, 9.17) is 10.5 Å². The molecule has 3 nitrogen and oxygen atoms in total. The number of ether oxygens (including phenoxy) is 1. The molecule has 0 atom stereocenters. The molecule has 0 radical (unpaired) electrons. The minimum atomic E-state index is 0.743. The second-order valence-corrected chi connectivity index (χ2v) is 5.06. The number of anilines is 1. The van der Waals surface area contributed by atoms with Gasteiger partial charge in [-0.15, -0.1) is 0 Å². The summed E-state index contributed by atoms with van der Waals surface area (Å²) in [5.41, 5.74) is 6.42. The maximum Gasteiger partial charge on any atom is 0.121 e. The van der Waals surface area contributed by atoms with Crippen molar-refractivity contribution in [2.45, 2.75) is 6.42 Å². The van der Waals surface area contributed by atoms with Crippen molar-refractivity contribution >= 4 is 17.4 Å². The molecule has 0 aromatic heterocycles. The highest BCUT2D eigenvalue weighted by atomic mass is 32.2. The summed E-state index contributed by atoms with van der Waals surface area (Å²) in [6.07, 6.45) is 3.18. The molecule has 2 N–H and O–H groups in total. The van der Waals surface area contributed by atoms with Gasteiger partial charge in [-0.2, -0.15) is 11.8 Å². The van der Waals surface area contributed by atoms with Gasteiger partial charge >= 0.3 is 0 Å². The van der Waals surface area contributed by atoms with Crippen LogP contribution in [0.5, 0.6) is 5.75 Å². The largest absolute Gasteiger partial charge is 0.493 e. The van der Waals surface area contributed by atoms with Crippen LogP contribution in [0, 0.1) is 0 Å². The van der Waals surface area contributed by atoms with Gasteiger partial charge in [0.15, 0.2) is 0 Å². The molecule has 0 spiro atoms. The van der Waals surface area contributed by atoms with E-state index in [0.29, 0.717) is 0 Å². The molecular weight excluding hydrogens is 232 g/mol. The van der Waals surface area contributed by atoms with Gasteiger partial charge in [0.1, 0.15) is 5.75 Å². The van der Waals surface area contributed by atoms with Crippen molar-refractivity contribution in [1.82, 2.24) is 4.90 Å². The Bertz CT molecular complexity index is 320. The second-order valence-electron chi connectivity index (χ2n) is 4.07. The highest BCUT2D eigenvalue weighted by molar-refractivity contribution is 7.98. The summed E-state index contributed by atoms with van der Waals surface area (Å²) in [7, 11) is 2.15. The van der Waals surface area contributed by atoms with E-state index in [1.165, 1.54) is 5.75 Å². The Labute approximate surface area is 108 Å². The SMILES string of the molecule is CSCCN(C)CCCOc1cccc(N)c1. The monoisotopic (exact) mass is 254 g/mol. The van der Waals surface area contributed by atoms with E-state index in [1.54, 1.807) is 0 Å². The summed E-state index contributed by atoms with van der Waals surface area (Å²) in [5, 5.41) is 0. The van der Waals surface area contributed by atoms with Crippen LogP contribution in [-0.4, -0.2) is 43.7 Å². The van der Waals surface area contributed by atoms with Crippen molar-refractivity contribution in [2.24, 2.45) is 0 Å². The van der Waals surface area contributed by atoms with Gasteiger partial charge in [0.05, 0.1) is 6.61 Å². The Kier molecular flexibility index (Phi) is 6.89. The van der Waals surface area contributed by atoms with Crippen LogP contribution in [0.3, 0.4) is 0 Å². The van der Waals surface area contributed by atoms with Crippen molar-refractivity contribution in [3.05, 3.63) is 24.3 Å². The molecule has 0 aliphatic carbocycles. The van der Waals surface area contributed by atoms with E-state index in [-0.39, 0.29) is 0 Å². The summed E-state index contributed by atoms with van der Waals surface area (Å²) in [5.74, 6) is 2.05. The summed E-state index contributed by atoms with van der Waals surface area (Å²) >= 11 is 1.88. The number of thioether (sulfide) groups is 1. The van der Waals surface area contributed by atoms with Crippen LogP contribution < -0.4 is 10.5 Å². The Morgan fingerprint density at radius 2 is 2.18 bits per heavy atom. The Morgan fingerprint density at radius 1 is 1.35 bits per heavy atom. The van der Waals surface area contributed by atoms with Crippen molar-refractivity contribution < 1.29 is 4.74 Å². The third-order valence-corrected chi connectivity index (χ3v) is 3.08. The molecule has 0 aliphatic rings. The van der Waals surface area contributed by atoms with Gasteiger partial charge in [-0.25, -0.2) is 0 Å². The zero-order valence-electron chi connectivity index (χ0n) is 10.7. The maximum absolute atomic E-state index is 5.68. The van der Waals surface area contributed by atoms with E-state index < -0.39 is 0 Å². The first-order valence-corrected chi connectivity index (χ1v) is 7.27. The number of benzene rings is 1. The average Bonchev–Trinajstić information content (AvgIpc) is 2.32. The van der Waals surface area contributed by atoms with Crippen LogP contribution in [0.1, 0.15) is 6.42 Å². The molecule has 0 amide bonds. The maximum atomic E-state index is 5.68. The van der Waals surface area contributed by atoms with Gasteiger partial charge < -0.3 is 15.4 Å². The van der Waals surface area contributed by atoms with Crippen LogP contribution in [-0.2, 0) is 0 Å². The normalized spacial score (nSPS) is 10.8. The number of nitrogens with two attached hydrogens (primary N) is 1. The molecule has 1 aromatic rings. The first-order chi connectivity index (χ1) is 8.22. The number of hydrogen-bond acceptors (Lipinski definition) is 4. The number of rotatable bonds is 8.